The number of aryl methyl sites for hydroxylation is 2. The second-order valence-corrected chi connectivity index (χ2v) is 7.00. The first-order valence-electron chi connectivity index (χ1n) is 8.41. The fourth-order valence-corrected chi connectivity index (χ4v) is 3.35. The Hall–Kier alpha value is -2.11. The SMILES string of the molecule is Cc1cc(C)c(Nc2ccc(C(=O)N3CCN(C)CC3)nc2)c(Cl)c1. The van der Waals surface area contributed by atoms with Crippen LogP contribution in [-0.4, -0.2) is 53.9 Å². The fraction of sp³-hybridized carbons (Fsp3) is 0.368. The molecule has 132 valence electrons. The van der Waals surface area contributed by atoms with Crippen molar-refractivity contribution in [2.45, 2.75) is 13.8 Å². The largest absolute Gasteiger partial charge is 0.353 e. The summed E-state index contributed by atoms with van der Waals surface area (Å²) >= 11 is 6.33. The predicted octanol–water partition coefficient (Wildman–Crippen LogP) is 3.48. The van der Waals surface area contributed by atoms with Gasteiger partial charge in [-0.1, -0.05) is 17.7 Å². The molecule has 1 aromatic heterocycles. The number of aromatic nitrogens is 1. The van der Waals surface area contributed by atoms with E-state index in [4.69, 9.17) is 11.6 Å². The molecule has 0 radical (unpaired) electrons. The lowest BCUT2D eigenvalue weighted by atomic mass is 10.1. The van der Waals surface area contributed by atoms with Gasteiger partial charge in [0.15, 0.2) is 0 Å². The molecule has 0 saturated carbocycles. The van der Waals surface area contributed by atoms with Crippen LogP contribution in [0.4, 0.5) is 11.4 Å². The lowest BCUT2D eigenvalue weighted by Crippen LogP contribution is -2.47. The Bertz CT molecular complexity index is 744. The highest BCUT2D eigenvalue weighted by molar-refractivity contribution is 6.33. The van der Waals surface area contributed by atoms with Gasteiger partial charge in [0, 0.05) is 26.2 Å². The monoisotopic (exact) mass is 358 g/mol. The van der Waals surface area contributed by atoms with E-state index in [1.54, 1.807) is 12.3 Å². The molecular formula is C19H23ClN4O. The van der Waals surface area contributed by atoms with Crippen LogP contribution in [-0.2, 0) is 0 Å². The highest BCUT2D eigenvalue weighted by Gasteiger charge is 2.21. The van der Waals surface area contributed by atoms with Crippen LogP contribution in [0.5, 0.6) is 0 Å². The number of nitrogens with zero attached hydrogens (tertiary/aromatic N) is 3. The van der Waals surface area contributed by atoms with Gasteiger partial charge in [0.1, 0.15) is 5.69 Å². The summed E-state index contributed by atoms with van der Waals surface area (Å²) in [5, 5.41) is 3.97. The van der Waals surface area contributed by atoms with E-state index in [2.05, 4.69) is 28.3 Å². The second kappa shape index (κ2) is 7.42. The van der Waals surface area contributed by atoms with E-state index in [0.29, 0.717) is 10.7 Å². The molecule has 1 aliphatic heterocycles. The molecular weight excluding hydrogens is 336 g/mol. The van der Waals surface area contributed by atoms with Crippen molar-refractivity contribution in [1.29, 1.82) is 0 Å². The molecule has 1 aromatic carbocycles. The molecule has 0 bridgehead atoms. The van der Waals surface area contributed by atoms with Gasteiger partial charge in [-0.15, -0.1) is 0 Å². The molecule has 6 heteroatoms. The Kier molecular flexibility index (Phi) is 5.25. The molecule has 0 aliphatic carbocycles. The van der Waals surface area contributed by atoms with E-state index in [0.717, 1.165) is 48.7 Å². The van der Waals surface area contributed by atoms with Gasteiger partial charge in [0.2, 0.25) is 0 Å². The lowest BCUT2D eigenvalue weighted by molar-refractivity contribution is 0.0658. The van der Waals surface area contributed by atoms with Crippen molar-refractivity contribution in [3.8, 4) is 0 Å². The van der Waals surface area contributed by atoms with Crippen molar-refractivity contribution in [3.63, 3.8) is 0 Å². The molecule has 0 unspecified atom stereocenters. The molecule has 2 heterocycles. The number of hydrogen-bond acceptors (Lipinski definition) is 4. The number of pyridine rings is 1. The summed E-state index contributed by atoms with van der Waals surface area (Å²) in [6, 6.07) is 7.63. The number of carbonyl (C=O) groups is 1. The Balaban J connectivity index is 1.71. The van der Waals surface area contributed by atoms with Crippen LogP contribution < -0.4 is 5.32 Å². The van der Waals surface area contributed by atoms with Gasteiger partial charge in [-0.25, -0.2) is 4.98 Å². The fourth-order valence-electron chi connectivity index (χ4n) is 2.98. The van der Waals surface area contributed by atoms with Gasteiger partial charge >= 0.3 is 0 Å². The molecule has 3 rings (SSSR count). The zero-order chi connectivity index (χ0) is 18.0. The van der Waals surface area contributed by atoms with Crippen LogP contribution in [0.1, 0.15) is 21.6 Å². The maximum absolute atomic E-state index is 12.5. The van der Waals surface area contributed by atoms with Crippen LogP contribution in [0.15, 0.2) is 30.5 Å². The van der Waals surface area contributed by atoms with Crippen LogP contribution >= 0.6 is 11.6 Å². The number of piperazine rings is 1. The summed E-state index contributed by atoms with van der Waals surface area (Å²) in [7, 11) is 2.07. The number of nitrogens with one attached hydrogen (secondary N) is 1. The molecule has 1 N–H and O–H groups in total. The number of likely N-dealkylation sites (N-methyl/N-ethyl adjacent to an activating group) is 1. The molecule has 1 amide bonds. The minimum atomic E-state index is -0.0100. The van der Waals surface area contributed by atoms with Gasteiger partial charge in [-0.2, -0.15) is 0 Å². The van der Waals surface area contributed by atoms with Crippen LogP contribution in [0.3, 0.4) is 0 Å². The van der Waals surface area contributed by atoms with Crippen LogP contribution in [0.2, 0.25) is 5.02 Å². The van der Waals surface area contributed by atoms with E-state index < -0.39 is 0 Å². The molecule has 1 aliphatic rings. The third kappa shape index (κ3) is 4.11. The Labute approximate surface area is 153 Å². The number of amides is 1. The van der Waals surface area contributed by atoms with Crippen molar-refractivity contribution in [1.82, 2.24) is 14.8 Å². The summed E-state index contributed by atoms with van der Waals surface area (Å²) in [5.41, 5.74) is 4.35. The topological polar surface area (TPSA) is 48.5 Å². The van der Waals surface area contributed by atoms with Gasteiger partial charge in [0.05, 0.1) is 22.6 Å². The van der Waals surface area contributed by atoms with Gasteiger partial charge in [-0.3, -0.25) is 4.79 Å². The Morgan fingerprint density at radius 1 is 1.16 bits per heavy atom. The van der Waals surface area contributed by atoms with E-state index >= 15 is 0 Å². The van der Waals surface area contributed by atoms with Gasteiger partial charge in [-0.05, 0) is 50.2 Å². The van der Waals surface area contributed by atoms with Crippen molar-refractivity contribution in [2.75, 3.05) is 38.5 Å². The molecule has 2 aromatic rings. The van der Waals surface area contributed by atoms with Crippen LogP contribution in [0.25, 0.3) is 0 Å². The molecule has 0 atom stereocenters. The van der Waals surface area contributed by atoms with Crippen LogP contribution in [0, 0.1) is 13.8 Å². The summed E-state index contributed by atoms with van der Waals surface area (Å²) < 4.78 is 0. The average molecular weight is 359 g/mol. The first kappa shape index (κ1) is 17.7. The highest BCUT2D eigenvalue weighted by atomic mass is 35.5. The van der Waals surface area contributed by atoms with E-state index in [1.165, 1.54) is 0 Å². The van der Waals surface area contributed by atoms with Gasteiger partial charge < -0.3 is 15.1 Å². The third-order valence-electron chi connectivity index (χ3n) is 4.47. The molecule has 0 spiro atoms. The zero-order valence-corrected chi connectivity index (χ0v) is 15.6. The highest BCUT2D eigenvalue weighted by Crippen LogP contribution is 2.30. The van der Waals surface area contributed by atoms with Crippen molar-refractivity contribution < 1.29 is 4.79 Å². The summed E-state index contributed by atoms with van der Waals surface area (Å²) in [6.45, 7) is 7.32. The Morgan fingerprint density at radius 3 is 2.48 bits per heavy atom. The minimum absolute atomic E-state index is 0.0100. The first-order chi connectivity index (χ1) is 11.9. The quantitative estimate of drug-likeness (QED) is 0.912. The van der Waals surface area contributed by atoms with E-state index in [1.807, 2.05) is 30.9 Å². The number of anilines is 2. The van der Waals surface area contributed by atoms with Crippen molar-refractivity contribution in [3.05, 3.63) is 52.3 Å². The number of benzene rings is 1. The minimum Gasteiger partial charge on any atom is -0.353 e. The number of rotatable bonds is 3. The number of carbonyl (C=O) groups excluding carboxylic acids is 1. The standard InChI is InChI=1S/C19H23ClN4O/c1-13-10-14(2)18(16(20)11-13)22-15-4-5-17(21-12-15)19(25)24-8-6-23(3)7-9-24/h4-5,10-12,22H,6-9H2,1-3H3. The second-order valence-electron chi connectivity index (χ2n) is 6.59. The summed E-state index contributed by atoms with van der Waals surface area (Å²) in [6.07, 6.45) is 1.68. The van der Waals surface area contributed by atoms with E-state index in [9.17, 15) is 4.79 Å². The van der Waals surface area contributed by atoms with Crippen molar-refractivity contribution in [2.24, 2.45) is 0 Å². The maximum atomic E-state index is 12.5. The average Bonchev–Trinajstić information content (AvgIpc) is 2.59. The first-order valence-corrected chi connectivity index (χ1v) is 8.79. The molecule has 1 fully saturated rings. The maximum Gasteiger partial charge on any atom is 0.272 e. The molecule has 1 saturated heterocycles. The smallest absolute Gasteiger partial charge is 0.272 e. The molecule has 25 heavy (non-hydrogen) atoms. The predicted molar refractivity (Wildman–Crippen MR) is 102 cm³/mol. The van der Waals surface area contributed by atoms with Gasteiger partial charge in [0.25, 0.3) is 5.91 Å². The third-order valence-corrected chi connectivity index (χ3v) is 4.77. The number of hydrogen-bond donors (Lipinski definition) is 1. The normalized spacial score (nSPS) is 15.3. The zero-order valence-electron chi connectivity index (χ0n) is 14.8. The van der Waals surface area contributed by atoms with E-state index in [-0.39, 0.29) is 5.91 Å². The van der Waals surface area contributed by atoms with Crippen molar-refractivity contribution >= 4 is 28.9 Å². The summed E-state index contributed by atoms with van der Waals surface area (Å²) in [4.78, 5) is 20.9. The number of halogens is 1. The molecule has 5 nitrogen and oxygen atoms in total. The Morgan fingerprint density at radius 2 is 1.88 bits per heavy atom. The lowest BCUT2D eigenvalue weighted by Gasteiger charge is -2.32. The summed E-state index contributed by atoms with van der Waals surface area (Å²) in [5.74, 6) is -0.0100.